The number of nitrogens with two attached hydrogens (primary N) is 1. The number of fused-ring (bicyclic) bond motifs is 3. The van der Waals surface area contributed by atoms with Gasteiger partial charge >= 0.3 is 12.1 Å². The van der Waals surface area contributed by atoms with Gasteiger partial charge < -0.3 is 15.8 Å². The molecule has 3 fully saturated rings. The Kier molecular flexibility index (Phi) is 7.50. The number of carbonyl (C=O) groups excluding carboxylic acids is 2. The highest BCUT2D eigenvalue weighted by Gasteiger charge is 2.36. The Morgan fingerprint density at radius 2 is 1.84 bits per heavy atom. The fourth-order valence-electron chi connectivity index (χ4n) is 5.29. The van der Waals surface area contributed by atoms with Gasteiger partial charge in [0.15, 0.2) is 5.82 Å². The van der Waals surface area contributed by atoms with E-state index < -0.39 is 23.8 Å². The molecule has 8 nitrogen and oxygen atoms in total. The van der Waals surface area contributed by atoms with Crippen LogP contribution in [0.2, 0.25) is 0 Å². The number of hydrogen-bond donors (Lipinski definition) is 3. The summed E-state index contributed by atoms with van der Waals surface area (Å²) in [6, 6.07) is 11.9. The van der Waals surface area contributed by atoms with E-state index in [1.54, 1.807) is 42.6 Å². The third-order valence-electron chi connectivity index (χ3n) is 7.27. The third-order valence-corrected chi connectivity index (χ3v) is 7.27. The van der Waals surface area contributed by atoms with Crippen molar-refractivity contribution in [1.82, 2.24) is 15.2 Å². The lowest BCUT2D eigenvalue weighted by molar-refractivity contribution is -0.0290. The Labute approximate surface area is 219 Å². The predicted molar refractivity (Wildman–Crippen MR) is 138 cm³/mol. The summed E-state index contributed by atoms with van der Waals surface area (Å²) in [5.74, 6) is -0.860. The Balaban J connectivity index is 1.46. The molecule has 0 saturated carbocycles. The van der Waals surface area contributed by atoms with Crippen LogP contribution in [-0.4, -0.2) is 47.7 Å². The maximum Gasteiger partial charge on any atom is 0.412 e. The minimum Gasteiger partial charge on any atom is -0.444 e. The van der Waals surface area contributed by atoms with Gasteiger partial charge in [-0.25, -0.2) is 18.4 Å². The van der Waals surface area contributed by atoms with Crippen molar-refractivity contribution >= 4 is 17.8 Å². The first-order valence-corrected chi connectivity index (χ1v) is 12.6. The molecule has 1 unspecified atom stereocenters. The number of carbonyl (C=O) groups is 2. The van der Waals surface area contributed by atoms with Crippen LogP contribution in [0.4, 0.5) is 24.1 Å². The molecule has 4 heterocycles. The fourth-order valence-corrected chi connectivity index (χ4v) is 5.29. The number of rotatable bonds is 7. The number of anilines is 1. The number of primary amides is 1. The Morgan fingerprint density at radius 1 is 1.05 bits per heavy atom. The van der Waals surface area contributed by atoms with Gasteiger partial charge in [-0.1, -0.05) is 30.3 Å². The minimum absolute atomic E-state index is 0.0260. The molecular weight excluding hydrogens is 492 g/mol. The smallest absolute Gasteiger partial charge is 0.412 e. The Bertz CT molecular complexity index is 1340. The van der Waals surface area contributed by atoms with Crippen molar-refractivity contribution in [2.24, 2.45) is 11.7 Å². The summed E-state index contributed by atoms with van der Waals surface area (Å²) in [5.41, 5.74) is 7.09. The van der Waals surface area contributed by atoms with Crippen LogP contribution in [-0.2, 0) is 17.7 Å². The quantitative estimate of drug-likeness (QED) is 0.426. The van der Waals surface area contributed by atoms with Crippen molar-refractivity contribution < 1.29 is 23.1 Å². The molecule has 0 aliphatic carbocycles. The molecule has 3 aromatic rings. The number of aromatic nitrogens is 1. The average molecular weight is 522 g/mol. The molecule has 38 heavy (non-hydrogen) atoms. The monoisotopic (exact) mass is 521 g/mol. The second-order valence-electron chi connectivity index (χ2n) is 9.64. The standard InChI is InChI=1S/C28H29F2N5O3/c29-22-6-2-1-4-18(22)14-21-19(20-5-3-11-32-24(20)15-33-27(31)36)7-8-23(26(21)30)34-28(37)38-25-16-35-12-9-17(25)10-13-35/h1-8,11,17,25H,9-10,12-16H2,(H,34,37)(H3,31,33,36). The van der Waals surface area contributed by atoms with Gasteiger partial charge in [0.25, 0.3) is 0 Å². The highest BCUT2D eigenvalue weighted by molar-refractivity contribution is 5.86. The normalized spacial score (nSPS) is 20.1. The fraction of sp³-hybridized carbons (Fsp3) is 0.321. The molecule has 198 valence electrons. The number of urea groups is 1. The van der Waals surface area contributed by atoms with E-state index in [-0.39, 0.29) is 30.3 Å². The predicted octanol–water partition coefficient (Wildman–Crippen LogP) is 4.43. The zero-order valence-electron chi connectivity index (χ0n) is 20.8. The van der Waals surface area contributed by atoms with Crippen LogP contribution >= 0.6 is 0 Å². The first-order valence-electron chi connectivity index (χ1n) is 12.6. The summed E-state index contributed by atoms with van der Waals surface area (Å²) in [6.07, 6.45) is 2.48. The Hall–Kier alpha value is -4.05. The van der Waals surface area contributed by atoms with Gasteiger partial charge in [0, 0.05) is 30.3 Å². The second-order valence-corrected chi connectivity index (χ2v) is 9.64. The topological polar surface area (TPSA) is 110 Å². The first-order chi connectivity index (χ1) is 18.4. The zero-order chi connectivity index (χ0) is 26.6. The van der Waals surface area contributed by atoms with Gasteiger partial charge in [-0.05, 0) is 61.2 Å². The largest absolute Gasteiger partial charge is 0.444 e. The number of nitrogens with zero attached hydrogens (tertiary/aromatic N) is 2. The van der Waals surface area contributed by atoms with E-state index in [0.29, 0.717) is 34.8 Å². The van der Waals surface area contributed by atoms with E-state index in [0.717, 1.165) is 25.9 Å². The molecule has 1 aromatic heterocycles. The number of amides is 3. The molecular formula is C28H29F2N5O3. The van der Waals surface area contributed by atoms with Crippen molar-refractivity contribution in [3.63, 3.8) is 0 Å². The van der Waals surface area contributed by atoms with Crippen molar-refractivity contribution in [2.75, 3.05) is 25.0 Å². The molecule has 10 heteroatoms. The van der Waals surface area contributed by atoms with Gasteiger partial charge in [-0.15, -0.1) is 0 Å². The lowest BCUT2D eigenvalue weighted by atomic mass is 9.86. The van der Waals surface area contributed by atoms with Crippen LogP contribution in [0.3, 0.4) is 0 Å². The summed E-state index contributed by atoms with van der Waals surface area (Å²) >= 11 is 0. The summed E-state index contributed by atoms with van der Waals surface area (Å²) in [7, 11) is 0. The first kappa shape index (κ1) is 25.6. The van der Waals surface area contributed by atoms with Gasteiger partial charge in [-0.2, -0.15) is 0 Å². The van der Waals surface area contributed by atoms with E-state index in [1.807, 2.05) is 0 Å². The minimum atomic E-state index is -0.722. The summed E-state index contributed by atoms with van der Waals surface area (Å²) in [4.78, 5) is 30.6. The van der Waals surface area contributed by atoms with E-state index in [2.05, 4.69) is 20.5 Å². The molecule has 3 aliphatic rings. The van der Waals surface area contributed by atoms with E-state index in [1.165, 1.54) is 12.1 Å². The maximum absolute atomic E-state index is 16.1. The molecule has 0 radical (unpaired) electrons. The molecule has 6 rings (SSSR count). The molecule has 4 N–H and O–H groups in total. The zero-order valence-corrected chi connectivity index (χ0v) is 20.8. The number of hydrogen-bond acceptors (Lipinski definition) is 5. The third kappa shape index (κ3) is 5.60. The summed E-state index contributed by atoms with van der Waals surface area (Å²) in [5, 5.41) is 5.05. The molecule has 2 bridgehead atoms. The van der Waals surface area contributed by atoms with Crippen LogP contribution in [0.5, 0.6) is 0 Å². The second kappa shape index (κ2) is 11.1. The number of benzene rings is 2. The molecule has 1 atom stereocenters. The van der Waals surface area contributed by atoms with Crippen molar-refractivity contribution in [3.8, 4) is 11.1 Å². The number of ether oxygens (including phenoxy) is 1. The molecule has 3 saturated heterocycles. The van der Waals surface area contributed by atoms with E-state index in [9.17, 15) is 14.0 Å². The number of piperidine rings is 3. The number of nitrogens with one attached hydrogen (secondary N) is 2. The van der Waals surface area contributed by atoms with Gasteiger partial charge in [0.2, 0.25) is 0 Å². The highest BCUT2D eigenvalue weighted by atomic mass is 19.1. The van der Waals surface area contributed by atoms with Crippen molar-refractivity contribution in [3.05, 3.63) is 83.2 Å². The van der Waals surface area contributed by atoms with Gasteiger partial charge in [0.1, 0.15) is 11.9 Å². The SMILES string of the molecule is NC(=O)NCc1ncccc1-c1ccc(NC(=O)OC2CN3CCC2CC3)c(F)c1Cc1ccccc1F. The Morgan fingerprint density at radius 3 is 2.55 bits per heavy atom. The summed E-state index contributed by atoms with van der Waals surface area (Å²) in [6.45, 7) is 2.72. The molecule has 3 aliphatic heterocycles. The van der Waals surface area contributed by atoms with Crippen LogP contribution < -0.4 is 16.4 Å². The van der Waals surface area contributed by atoms with Crippen LogP contribution in [0, 0.1) is 17.6 Å². The maximum atomic E-state index is 16.1. The lowest BCUT2D eigenvalue weighted by Crippen LogP contribution is -2.52. The summed E-state index contributed by atoms with van der Waals surface area (Å²) < 4.78 is 36.3. The highest BCUT2D eigenvalue weighted by Crippen LogP contribution is 2.34. The van der Waals surface area contributed by atoms with Crippen LogP contribution in [0.25, 0.3) is 11.1 Å². The van der Waals surface area contributed by atoms with E-state index >= 15 is 4.39 Å². The van der Waals surface area contributed by atoms with Gasteiger partial charge in [0.05, 0.1) is 17.9 Å². The lowest BCUT2D eigenvalue weighted by Gasteiger charge is -2.43. The molecule has 0 spiro atoms. The molecule has 3 amide bonds. The number of pyridine rings is 1. The number of halogens is 2. The van der Waals surface area contributed by atoms with Crippen molar-refractivity contribution in [2.45, 2.75) is 31.9 Å². The molecule has 2 aromatic carbocycles. The van der Waals surface area contributed by atoms with Crippen LogP contribution in [0.15, 0.2) is 54.7 Å². The van der Waals surface area contributed by atoms with Crippen molar-refractivity contribution in [1.29, 1.82) is 0 Å². The van der Waals surface area contributed by atoms with Gasteiger partial charge in [-0.3, -0.25) is 15.2 Å². The average Bonchev–Trinajstić information content (AvgIpc) is 2.92. The van der Waals surface area contributed by atoms with Crippen LogP contribution in [0.1, 0.15) is 29.7 Å². The van der Waals surface area contributed by atoms with E-state index in [4.69, 9.17) is 10.5 Å².